The molecule has 21 heavy (non-hydrogen) atoms. The van der Waals surface area contributed by atoms with Gasteiger partial charge in [-0.3, -0.25) is 9.97 Å². The molecular formula is C10H16N5O5P. The fourth-order valence-corrected chi connectivity index (χ4v) is 2.35. The lowest BCUT2D eigenvalue weighted by Gasteiger charge is -2.13. The zero-order chi connectivity index (χ0) is 15.5. The van der Waals surface area contributed by atoms with Crippen LogP contribution in [0.1, 0.15) is 0 Å². The Kier molecular flexibility index (Phi) is 4.73. The van der Waals surface area contributed by atoms with Gasteiger partial charge in [0.05, 0.1) is 12.9 Å². The van der Waals surface area contributed by atoms with E-state index in [1.165, 1.54) is 20.5 Å². The Balaban J connectivity index is 2.01. The largest absolute Gasteiger partial charge is 0.425 e. The second-order valence-electron chi connectivity index (χ2n) is 4.06. The third kappa shape index (κ3) is 3.30. The molecule has 0 atom stereocenters. The van der Waals surface area contributed by atoms with Gasteiger partial charge in [-0.25, -0.2) is 9.97 Å². The fourth-order valence-electron chi connectivity index (χ4n) is 1.64. The normalized spacial score (nSPS) is 12.1. The molecular weight excluding hydrogens is 301 g/mol. The second kappa shape index (κ2) is 6.35. The molecule has 11 heteroatoms. The van der Waals surface area contributed by atoms with Crippen LogP contribution >= 0.6 is 7.60 Å². The van der Waals surface area contributed by atoms with Crippen molar-refractivity contribution in [3.63, 3.8) is 0 Å². The van der Waals surface area contributed by atoms with Gasteiger partial charge < -0.3 is 23.6 Å². The zero-order valence-electron chi connectivity index (χ0n) is 11.6. The van der Waals surface area contributed by atoms with Gasteiger partial charge in [0.1, 0.15) is 12.7 Å². The van der Waals surface area contributed by atoms with Gasteiger partial charge in [0, 0.05) is 20.8 Å². The van der Waals surface area contributed by atoms with Gasteiger partial charge in [0.25, 0.3) is 0 Å². The monoisotopic (exact) mass is 317 g/mol. The Labute approximate surface area is 119 Å². The van der Waals surface area contributed by atoms with Crippen LogP contribution in [0, 0.1) is 5.41 Å². The SMILES string of the molecule is COP(=O)(COCCn1cnc2c(=N)n(O)cnc21)OC. The van der Waals surface area contributed by atoms with Gasteiger partial charge in [-0.1, -0.05) is 0 Å². The highest BCUT2D eigenvalue weighted by Crippen LogP contribution is 2.45. The molecule has 0 bridgehead atoms. The highest BCUT2D eigenvalue weighted by Gasteiger charge is 2.20. The standard InChI is InChI=1S/C10H16N5O5P/c1-18-21(17,19-2)7-20-4-3-14-5-12-8-9(11)15(16)6-13-10(8)14/h5-6,11,16H,3-4,7H2,1-2H3. The second-order valence-corrected chi connectivity index (χ2v) is 6.27. The molecule has 0 amide bonds. The van der Waals surface area contributed by atoms with E-state index in [1.807, 2.05) is 0 Å². The molecule has 0 aliphatic heterocycles. The third-order valence-corrected chi connectivity index (χ3v) is 4.45. The van der Waals surface area contributed by atoms with E-state index in [4.69, 9.17) is 19.2 Å². The minimum atomic E-state index is -3.18. The van der Waals surface area contributed by atoms with Crippen LogP contribution in [0.5, 0.6) is 0 Å². The molecule has 0 saturated heterocycles. The molecule has 2 heterocycles. The van der Waals surface area contributed by atoms with Gasteiger partial charge >= 0.3 is 7.60 Å². The van der Waals surface area contributed by atoms with Gasteiger partial charge in [-0.2, -0.15) is 4.73 Å². The molecule has 116 valence electrons. The lowest BCUT2D eigenvalue weighted by molar-refractivity contribution is 0.138. The van der Waals surface area contributed by atoms with Crippen LogP contribution < -0.4 is 5.49 Å². The van der Waals surface area contributed by atoms with Crippen molar-refractivity contribution in [3.05, 3.63) is 18.1 Å². The summed E-state index contributed by atoms with van der Waals surface area (Å²) in [5.74, 6) is 0. The van der Waals surface area contributed by atoms with E-state index in [-0.39, 0.29) is 24.0 Å². The summed E-state index contributed by atoms with van der Waals surface area (Å²) < 4.78 is 28.8. The number of fused-ring (bicyclic) bond motifs is 1. The minimum Gasteiger partial charge on any atom is -0.425 e. The van der Waals surface area contributed by atoms with Crippen LogP contribution in [0.15, 0.2) is 12.7 Å². The molecule has 10 nitrogen and oxygen atoms in total. The van der Waals surface area contributed by atoms with Crippen LogP contribution in [-0.2, 0) is 24.9 Å². The number of rotatable bonds is 7. The predicted octanol–water partition coefficient (Wildman–Crippen LogP) is 0.410. The molecule has 2 N–H and O–H groups in total. The van der Waals surface area contributed by atoms with Crippen molar-refractivity contribution >= 4 is 18.8 Å². The Morgan fingerprint density at radius 2 is 2.05 bits per heavy atom. The summed E-state index contributed by atoms with van der Waals surface area (Å²) in [6, 6.07) is 0. The summed E-state index contributed by atoms with van der Waals surface area (Å²) in [5.41, 5.74) is 0.581. The highest BCUT2D eigenvalue weighted by molar-refractivity contribution is 7.53. The van der Waals surface area contributed by atoms with E-state index in [0.29, 0.717) is 16.9 Å². The summed E-state index contributed by atoms with van der Waals surface area (Å²) in [6.45, 7) is 0.636. The van der Waals surface area contributed by atoms with Crippen LogP contribution in [0.4, 0.5) is 0 Å². The lowest BCUT2D eigenvalue weighted by atomic mass is 10.5. The van der Waals surface area contributed by atoms with Crippen LogP contribution in [0.2, 0.25) is 0 Å². The van der Waals surface area contributed by atoms with Crippen molar-refractivity contribution in [2.45, 2.75) is 6.54 Å². The van der Waals surface area contributed by atoms with Gasteiger partial charge in [-0.05, 0) is 0 Å². The quantitative estimate of drug-likeness (QED) is 0.430. The topological polar surface area (TPSA) is 124 Å². The first-order valence-electron chi connectivity index (χ1n) is 5.95. The van der Waals surface area contributed by atoms with Crippen molar-refractivity contribution < 1.29 is 23.6 Å². The summed E-state index contributed by atoms with van der Waals surface area (Å²) in [7, 11) is -0.594. The van der Waals surface area contributed by atoms with E-state index in [9.17, 15) is 9.77 Å². The molecule has 0 aliphatic rings. The molecule has 0 unspecified atom stereocenters. The van der Waals surface area contributed by atoms with Crippen molar-refractivity contribution in [1.29, 1.82) is 5.41 Å². The fraction of sp³-hybridized carbons (Fsp3) is 0.500. The van der Waals surface area contributed by atoms with Crippen molar-refractivity contribution in [2.24, 2.45) is 0 Å². The van der Waals surface area contributed by atoms with E-state index in [1.54, 1.807) is 4.57 Å². The third-order valence-electron chi connectivity index (χ3n) is 2.84. The summed E-state index contributed by atoms with van der Waals surface area (Å²) >= 11 is 0. The Morgan fingerprint density at radius 1 is 1.33 bits per heavy atom. The van der Waals surface area contributed by atoms with E-state index < -0.39 is 7.60 Å². The van der Waals surface area contributed by atoms with E-state index in [0.717, 1.165) is 6.33 Å². The molecule has 2 rings (SSSR count). The van der Waals surface area contributed by atoms with Crippen LogP contribution in [-0.4, -0.2) is 51.6 Å². The average Bonchev–Trinajstić information content (AvgIpc) is 2.91. The zero-order valence-corrected chi connectivity index (χ0v) is 12.5. The molecule has 0 radical (unpaired) electrons. The number of aromatic nitrogens is 4. The van der Waals surface area contributed by atoms with Crippen LogP contribution in [0.3, 0.4) is 0 Å². The van der Waals surface area contributed by atoms with Crippen molar-refractivity contribution in [1.82, 2.24) is 19.3 Å². The Bertz CT molecular complexity index is 718. The molecule has 0 spiro atoms. The molecule has 0 fully saturated rings. The van der Waals surface area contributed by atoms with E-state index >= 15 is 0 Å². The maximum atomic E-state index is 11.8. The maximum absolute atomic E-state index is 11.8. The van der Waals surface area contributed by atoms with Gasteiger partial charge in [0.15, 0.2) is 16.7 Å². The molecule has 2 aromatic rings. The number of hydrogen-bond donors (Lipinski definition) is 2. The van der Waals surface area contributed by atoms with Gasteiger partial charge in [0.2, 0.25) is 0 Å². The lowest BCUT2D eigenvalue weighted by Crippen LogP contribution is -2.19. The Hall–Kier alpha value is -1.74. The first kappa shape index (κ1) is 15.6. The summed E-state index contributed by atoms with van der Waals surface area (Å²) in [4.78, 5) is 8.01. The van der Waals surface area contributed by atoms with Crippen molar-refractivity contribution in [2.75, 3.05) is 27.2 Å². The average molecular weight is 317 g/mol. The number of nitrogens with zero attached hydrogens (tertiary/aromatic N) is 4. The summed E-state index contributed by atoms with van der Waals surface area (Å²) in [6.07, 6.45) is 2.46. The Morgan fingerprint density at radius 3 is 2.71 bits per heavy atom. The van der Waals surface area contributed by atoms with Gasteiger partial charge in [-0.15, -0.1) is 0 Å². The highest BCUT2D eigenvalue weighted by atomic mass is 31.2. The number of nitrogens with one attached hydrogen (secondary N) is 1. The smallest absolute Gasteiger partial charge is 0.355 e. The first-order valence-corrected chi connectivity index (χ1v) is 7.68. The molecule has 0 saturated carbocycles. The number of hydrogen-bond acceptors (Lipinski definition) is 8. The summed E-state index contributed by atoms with van der Waals surface area (Å²) in [5, 5.41) is 17.0. The van der Waals surface area contributed by atoms with Crippen LogP contribution in [0.25, 0.3) is 11.2 Å². The number of imidazole rings is 1. The molecule has 2 aromatic heterocycles. The first-order chi connectivity index (χ1) is 10.0. The molecule has 0 aliphatic carbocycles. The van der Waals surface area contributed by atoms with E-state index in [2.05, 4.69) is 9.97 Å². The minimum absolute atomic E-state index is 0.150. The number of ether oxygens (including phenoxy) is 1. The maximum Gasteiger partial charge on any atom is 0.355 e. The predicted molar refractivity (Wildman–Crippen MR) is 71.0 cm³/mol. The molecule has 0 aromatic carbocycles. The van der Waals surface area contributed by atoms with Crippen molar-refractivity contribution in [3.8, 4) is 0 Å².